The average Bonchev–Trinajstić information content (AvgIpc) is 3.17. The van der Waals surface area contributed by atoms with Gasteiger partial charge in [0.2, 0.25) is 5.91 Å². The van der Waals surface area contributed by atoms with Crippen LogP contribution in [0.1, 0.15) is 30.2 Å². The van der Waals surface area contributed by atoms with E-state index in [2.05, 4.69) is 22.1 Å². The lowest BCUT2D eigenvalue weighted by atomic mass is 10.1. The number of carbonyl (C=O) groups is 1. The monoisotopic (exact) mass is 335 g/mol. The number of thiazole rings is 1. The Balaban J connectivity index is 1.65. The van der Waals surface area contributed by atoms with Crippen LogP contribution in [0.25, 0.3) is 0 Å². The van der Waals surface area contributed by atoms with Crippen molar-refractivity contribution >= 4 is 22.4 Å². The van der Waals surface area contributed by atoms with E-state index in [-0.39, 0.29) is 11.9 Å². The first-order valence-corrected chi connectivity index (χ1v) is 8.66. The Morgan fingerprint density at radius 2 is 2.39 bits per heavy atom. The van der Waals surface area contributed by atoms with Crippen molar-refractivity contribution in [2.75, 3.05) is 31.6 Å². The molecule has 2 aromatic rings. The van der Waals surface area contributed by atoms with E-state index in [0.717, 1.165) is 23.6 Å². The molecule has 23 heavy (non-hydrogen) atoms. The summed E-state index contributed by atoms with van der Waals surface area (Å²) in [6, 6.07) is 3.95. The van der Waals surface area contributed by atoms with Crippen LogP contribution in [0.4, 0.5) is 5.13 Å². The molecule has 6 nitrogen and oxygen atoms in total. The number of aryl methyl sites for hydroxylation is 2. The first-order chi connectivity index (χ1) is 11.2. The highest BCUT2D eigenvalue weighted by Crippen LogP contribution is 2.26. The van der Waals surface area contributed by atoms with Gasteiger partial charge in [0.1, 0.15) is 11.5 Å². The molecule has 0 saturated carbocycles. The third-order valence-corrected chi connectivity index (χ3v) is 4.69. The van der Waals surface area contributed by atoms with Crippen molar-refractivity contribution in [2.45, 2.75) is 26.3 Å². The molecule has 0 spiro atoms. The number of amides is 1. The van der Waals surface area contributed by atoms with Crippen LogP contribution in [-0.2, 0) is 16.0 Å². The van der Waals surface area contributed by atoms with E-state index in [0.29, 0.717) is 31.4 Å². The molecule has 0 aliphatic carbocycles. The summed E-state index contributed by atoms with van der Waals surface area (Å²) in [6.07, 6.45) is 0.859. The number of hydrogen-bond donors (Lipinski definition) is 1. The topological polar surface area (TPSA) is 67.6 Å². The summed E-state index contributed by atoms with van der Waals surface area (Å²) in [5, 5.41) is 5.41. The number of anilines is 1. The van der Waals surface area contributed by atoms with E-state index in [1.54, 1.807) is 0 Å². The third-order valence-electron chi connectivity index (χ3n) is 3.81. The summed E-state index contributed by atoms with van der Waals surface area (Å²) in [4.78, 5) is 18.6. The summed E-state index contributed by atoms with van der Waals surface area (Å²) in [5.41, 5.74) is 0.914. The molecule has 0 radical (unpaired) electrons. The van der Waals surface area contributed by atoms with Gasteiger partial charge in [-0.1, -0.05) is 6.92 Å². The smallest absolute Gasteiger partial charge is 0.240 e. The Labute approximate surface area is 139 Å². The van der Waals surface area contributed by atoms with Gasteiger partial charge in [-0.15, -0.1) is 11.3 Å². The van der Waals surface area contributed by atoms with E-state index in [1.165, 1.54) is 11.3 Å². The maximum Gasteiger partial charge on any atom is 0.240 e. The quantitative estimate of drug-likeness (QED) is 0.910. The van der Waals surface area contributed by atoms with Gasteiger partial charge in [0.05, 0.1) is 31.5 Å². The van der Waals surface area contributed by atoms with Crippen molar-refractivity contribution in [1.82, 2.24) is 9.88 Å². The summed E-state index contributed by atoms with van der Waals surface area (Å²) in [7, 11) is 0. The number of rotatable bonds is 5. The molecule has 0 unspecified atom stereocenters. The largest absolute Gasteiger partial charge is 0.464 e. The Kier molecular flexibility index (Phi) is 5.09. The average molecular weight is 335 g/mol. The number of morpholine rings is 1. The van der Waals surface area contributed by atoms with Gasteiger partial charge < -0.3 is 14.5 Å². The van der Waals surface area contributed by atoms with Crippen molar-refractivity contribution < 1.29 is 13.9 Å². The van der Waals surface area contributed by atoms with Crippen molar-refractivity contribution in [1.29, 1.82) is 0 Å². The molecule has 1 aliphatic rings. The van der Waals surface area contributed by atoms with Crippen molar-refractivity contribution in [3.05, 3.63) is 34.7 Å². The fourth-order valence-corrected chi connectivity index (χ4v) is 3.31. The zero-order chi connectivity index (χ0) is 16.2. The molecule has 0 bridgehead atoms. The summed E-state index contributed by atoms with van der Waals surface area (Å²) >= 11 is 1.44. The number of hydrogen-bond acceptors (Lipinski definition) is 6. The molecule has 1 N–H and O–H groups in total. The molecule has 7 heteroatoms. The van der Waals surface area contributed by atoms with Crippen LogP contribution in [0.3, 0.4) is 0 Å². The van der Waals surface area contributed by atoms with Crippen LogP contribution >= 0.6 is 11.3 Å². The normalized spacial score (nSPS) is 19.0. The van der Waals surface area contributed by atoms with E-state index < -0.39 is 0 Å². The van der Waals surface area contributed by atoms with Gasteiger partial charge in [0.15, 0.2) is 5.13 Å². The van der Waals surface area contributed by atoms with Crippen LogP contribution in [-0.4, -0.2) is 42.1 Å². The highest BCUT2D eigenvalue weighted by atomic mass is 32.1. The molecule has 1 aliphatic heterocycles. The lowest BCUT2D eigenvalue weighted by Crippen LogP contribution is -2.43. The lowest BCUT2D eigenvalue weighted by Gasteiger charge is -2.33. The minimum absolute atomic E-state index is 0.0205. The van der Waals surface area contributed by atoms with Crippen molar-refractivity contribution in [3.63, 3.8) is 0 Å². The number of aromatic nitrogens is 1. The number of furan rings is 1. The molecular weight excluding hydrogens is 314 g/mol. The van der Waals surface area contributed by atoms with Crippen molar-refractivity contribution in [2.24, 2.45) is 0 Å². The fourth-order valence-electron chi connectivity index (χ4n) is 2.61. The van der Waals surface area contributed by atoms with Gasteiger partial charge >= 0.3 is 0 Å². The van der Waals surface area contributed by atoms with Crippen LogP contribution in [0.2, 0.25) is 0 Å². The fraction of sp³-hybridized carbons (Fsp3) is 0.500. The number of nitrogens with one attached hydrogen (secondary N) is 1. The van der Waals surface area contributed by atoms with Crippen LogP contribution in [0.5, 0.6) is 0 Å². The molecule has 124 valence electrons. The van der Waals surface area contributed by atoms with Gasteiger partial charge in [-0.25, -0.2) is 4.98 Å². The van der Waals surface area contributed by atoms with Crippen LogP contribution < -0.4 is 5.32 Å². The molecule has 2 aromatic heterocycles. The zero-order valence-electron chi connectivity index (χ0n) is 13.4. The number of carbonyl (C=O) groups excluding carboxylic acids is 1. The maximum atomic E-state index is 12.3. The number of ether oxygens (including phenoxy) is 1. The molecule has 1 amide bonds. The molecule has 1 atom stereocenters. The first kappa shape index (κ1) is 16.2. The summed E-state index contributed by atoms with van der Waals surface area (Å²) in [5.74, 6) is 1.75. The number of nitrogens with zero attached hydrogens (tertiary/aromatic N) is 2. The predicted molar refractivity (Wildman–Crippen MR) is 88.7 cm³/mol. The highest BCUT2D eigenvalue weighted by molar-refractivity contribution is 7.13. The molecule has 3 heterocycles. The van der Waals surface area contributed by atoms with Gasteiger partial charge in [-0.05, 0) is 19.1 Å². The van der Waals surface area contributed by atoms with Crippen LogP contribution in [0.15, 0.2) is 21.9 Å². The van der Waals surface area contributed by atoms with E-state index in [1.807, 2.05) is 24.4 Å². The second-order valence-corrected chi connectivity index (χ2v) is 6.42. The SMILES string of the molecule is CCc1ccc([C@H]2COCCN2CC(=O)Nc2nc(C)cs2)o1. The summed E-state index contributed by atoms with van der Waals surface area (Å²) < 4.78 is 11.4. The minimum Gasteiger partial charge on any atom is -0.464 e. The predicted octanol–water partition coefficient (Wildman–Crippen LogP) is 2.62. The third kappa shape index (κ3) is 3.99. The Morgan fingerprint density at radius 3 is 3.09 bits per heavy atom. The van der Waals surface area contributed by atoms with Gasteiger partial charge in [-0.3, -0.25) is 9.69 Å². The Bertz CT molecular complexity index is 667. The van der Waals surface area contributed by atoms with Crippen LogP contribution in [0, 0.1) is 6.92 Å². The van der Waals surface area contributed by atoms with Gasteiger partial charge in [-0.2, -0.15) is 0 Å². The Morgan fingerprint density at radius 1 is 1.52 bits per heavy atom. The molecule has 1 fully saturated rings. The second-order valence-electron chi connectivity index (χ2n) is 5.56. The standard InChI is InChI=1S/C16H21N3O3S/c1-3-12-4-5-14(22-12)13-9-21-7-6-19(13)8-15(20)18-16-17-11(2)10-23-16/h4-5,10,13H,3,6-9H2,1-2H3,(H,17,18,20)/t13-/m1/s1. The Hall–Kier alpha value is -1.70. The van der Waals surface area contributed by atoms with Gasteiger partial charge in [0.25, 0.3) is 0 Å². The van der Waals surface area contributed by atoms with Gasteiger partial charge in [0, 0.05) is 18.3 Å². The van der Waals surface area contributed by atoms with E-state index >= 15 is 0 Å². The van der Waals surface area contributed by atoms with Crippen molar-refractivity contribution in [3.8, 4) is 0 Å². The molecule has 0 aromatic carbocycles. The first-order valence-electron chi connectivity index (χ1n) is 7.78. The van der Waals surface area contributed by atoms with E-state index in [9.17, 15) is 4.79 Å². The molecular formula is C16H21N3O3S. The van der Waals surface area contributed by atoms with E-state index in [4.69, 9.17) is 9.15 Å². The second kappa shape index (κ2) is 7.25. The minimum atomic E-state index is -0.0616. The highest BCUT2D eigenvalue weighted by Gasteiger charge is 2.28. The maximum absolute atomic E-state index is 12.3. The zero-order valence-corrected chi connectivity index (χ0v) is 14.2. The molecule has 3 rings (SSSR count). The lowest BCUT2D eigenvalue weighted by molar-refractivity contribution is -0.120. The molecule has 1 saturated heterocycles. The summed E-state index contributed by atoms with van der Waals surface area (Å²) in [6.45, 7) is 6.14.